The molecule has 9 heteroatoms. The van der Waals surface area contributed by atoms with Crippen molar-refractivity contribution in [2.75, 3.05) is 18.5 Å². The lowest BCUT2D eigenvalue weighted by Gasteiger charge is -2.22. The third-order valence-electron chi connectivity index (χ3n) is 3.94. The number of amides is 1. The van der Waals surface area contributed by atoms with Gasteiger partial charge in [0.25, 0.3) is 5.91 Å². The van der Waals surface area contributed by atoms with Crippen molar-refractivity contribution in [2.24, 2.45) is 0 Å². The molecule has 3 aromatic rings. The van der Waals surface area contributed by atoms with Crippen LogP contribution in [0.4, 0.5) is 5.95 Å². The molecule has 2 heterocycles. The Bertz CT molecular complexity index is 882. The molecule has 0 saturated heterocycles. The summed E-state index contributed by atoms with van der Waals surface area (Å²) in [6.45, 7) is 6.35. The smallest absolute Gasteiger partial charge is 0.272 e. The van der Waals surface area contributed by atoms with E-state index in [2.05, 4.69) is 31.0 Å². The molecule has 1 unspecified atom stereocenters. The van der Waals surface area contributed by atoms with Gasteiger partial charge in [-0.05, 0) is 49.4 Å². The number of H-pyrrole nitrogens is 1. The SMILES string of the molecule is Cc1ccc(-n2nnnc2N(C)CC(C)NC(=O)c2cc(C)[nH]n2)cc1. The van der Waals surface area contributed by atoms with E-state index in [1.54, 1.807) is 10.7 Å². The van der Waals surface area contributed by atoms with Crippen LogP contribution in [0.15, 0.2) is 30.3 Å². The van der Waals surface area contributed by atoms with Gasteiger partial charge in [-0.2, -0.15) is 9.78 Å². The first-order chi connectivity index (χ1) is 12.4. The summed E-state index contributed by atoms with van der Waals surface area (Å²) in [6.07, 6.45) is 0. The van der Waals surface area contributed by atoms with Crippen LogP contribution in [0.5, 0.6) is 0 Å². The summed E-state index contributed by atoms with van der Waals surface area (Å²) in [5.41, 5.74) is 3.27. The second-order valence-corrected chi connectivity index (χ2v) is 6.42. The van der Waals surface area contributed by atoms with Crippen molar-refractivity contribution in [2.45, 2.75) is 26.8 Å². The number of aromatic amines is 1. The van der Waals surface area contributed by atoms with Crippen LogP contribution < -0.4 is 10.2 Å². The Kier molecular flexibility index (Phi) is 4.97. The van der Waals surface area contributed by atoms with Gasteiger partial charge in [0.1, 0.15) is 5.69 Å². The molecule has 0 aliphatic heterocycles. The summed E-state index contributed by atoms with van der Waals surface area (Å²) in [5.74, 6) is 0.388. The van der Waals surface area contributed by atoms with E-state index in [4.69, 9.17) is 0 Å². The predicted octanol–water partition coefficient (Wildman–Crippen LogP) is 1.26. The highest BCUT2D eigenvalue weighted by Gasteiger charge is 2.18. The number of likely N-dealkylation sites (N-methyl/N-ethyl adjacent to an activating group) is 1. The number of carbonyl (C=O) groups excluding carboxylic acids is 1. The van der Waals surface area contributed by atoms with Gasteiger partial charge in [0.15, 0.2) is 0 Å². The van der Waals surface area contributed by atoms with E-state index in [1.807, 2.05) is 57.0 Å². The van der Waals surface area contributed by atoms with Gasteiger partial charge in [-0.1, -0.05) is 22.8 Å². The molecule has 3 rings (SSSR count). The second-order valence-electron chi connectivity index (χ2n) is 6.42. The summed E-state index contributed by atoms with van der Waals surface area (Å²) in [6, 6.07) is 9.55. The zero-order valence-corrected chi connectivity index (χ0v) is 15.3. The van der Waals surface area contributed by atoms with Crippen LogP contribution in [0.3, 0.4) is 0 Å². The standard InChI is InChI=1S/C17H22N8O/c1-11-5-7-14(8-6-11)25-17(21-22-23-25)24(4)10-13(3)18-16(26)15-9-12(2)19-20-15/h5-9,13H,10H2,1-4H3,(H,18,26)(H,19,20). The van der Waals surface area contributed by atoms with E-state index < -0.39 is 0 Å². The third-order valence-corrected chi connectivity index (χ3v) is 3.94. The molecule has 136 valence electrons. The molecule has 0 bridgehead atoms. The molecule has 0 aliphatic carbocycles. The summed E-state index contributed by atoms with van der Waals surface area (Å²) in [5, 5.41) is 21.6. The number of aromatic nitrogens is 6. The summed E-state index contributed by atoms with van der Waals surface area (Å²) >= 11 is 0. The molecule has 0 aliphatic rings. The monoisotopic (exact) mass is 354 g/mol. The second kappa shape index (κ2) is 7.34. The highest BCUT2D eigenvalue weighted by atomic mass is 16.2. The van der Waals surface area contributed by atoms with Crippen molar-refractivity contribution in [3.05, 3.63) is 47.3 Å². The average molecular weight is 354 g/mol. The molecule has 1 aromatic carbocycles. The lowest BCUT2D eigenvalue weighted by atomic mass is 10.2. The maximum atomic E-state index is 12.2. The molecule has 0 spiro atoms. The molecule has 2 aromatic heterocycles. The van der Waals surface area contributed by atoms with Crippen molar-refractivity contribution in [1.29, 1.82) is 0 Å². The average Bonchev–Trinajstić information content (AvgIpc) is 3.24. The van der Waals surface area contributed by atoms with E-state index in [0.29, 0.717) is 18.2 Å². The summed E-state index contributed by atoms with van der Waals surface area (Å²) < 4.78 is 1.67. The number of rotatable bonds is 6. The van der Waals surface area contributed by atoms with E-state index in [-0.39, 0.29) is 11.9 Å². The maximum Gasteiger partial charge on any atom is 0.272 e. The van der Waals surface area contributed by atoms with Crippen LogP contribution in [0.1, 0.15) is 28.7 Å². The van der Waals surface area contributed by atoms with Crippen LogP contribution >= 0.6 is 0 Å². The maximum absolute atomic E-state index is 12.2. The largest absolute Gasteiger partial charge is 0.346 e. The third kappa shape index (κ3) is 3.88. The van der Waals surface area contributed by atoms with Crippen LogP contribution in [-0.2, 0) is 0 Å². The van der Waals surface area contributed by atoms with Crippen molar-refractivity contribution in [1.82, 2.24) is 35.7 Å². The fourth-order valence-corrected chi connectivity index (χ4v) is 2.64. The molecule has 1 amide bonds. The number of nitrogens with one attached hydrogen (secondary N) is 2. The molecule has 2 N–H and O–H groups in total. The Hall–Kier alpha value is -3.23. The topological polar surface area (TPSA) is 105 Å². The summed E-state index contributed by atoms with van der Waals surface area (Å²) in [7, 11) is 1.89. The Morgan fingerprint density at radius 1 is 1.31 bits per heavy atom. The van der Waals surface area contributed by atoms with Gasteiger partial charge in [0.05, 0.1) is 5.69 Å². The van der Waals surface area contributed by atoms with Gasteiger partial charge >= 0.3 is 0 Å². The first-order valence-corrected chi connectivity index (χ1v) is 8.33. The fraction of sp³-hybridized carbons (Fsp3) is 0.353. The Morgan fingerprint density at radius 2 is 2.04 bits per heavy atom. The number of anilines is 1. The minimum Gasteiger partial charge on any atom is -0.346 e. The van der Waals surface area contributed by atoms with Crippen LogP contribution in [-0.4, -0.2) is 55.9 Å². The summed E-state index contributed by atoms with van der Waals surface area (Å²) in [4.78, 5) is 14.1. The van der Waals surface area contributed by atoms with Gasteiger partial charge in [0.2, 0.25) is 5.95 Å². The highest BCUT2D eigenvalue weighted by molar-refractivity contribution is 5.92. The lowest BCUT2D eigenvalue weighted by Crippen LogP contribution is -2.41. The lowest BCUT2D eigenvalue weighted by molar-refractivity contribution is 0.0936. The molecular weight excluding hydrogens is 332 g/mol. The quantitative estimate of drug-likeness (QED) is 0.690. The number of hydrogen-bond donors (Lipinski definition) is 2. The zero-order valence-electron chi connectivity index (χ0n) is 15.3. The van der Waals surface area contributed by atoms with Gasteiger partial charge < -0.3 is 10.2 Å². The zero-order chi connectivity index (χ0) is 18.7. The Balaban J connectivity index is 1.66. The molecule has 0 saturated carbocycles. The molecule has 1 atom stereocenters. The number of tetrazole rings is 1. The minimum absolute atomic E-state index is 0.118. The molecule has 0 fully saturated rings. The highest BCUT2D eigenvalue weighted by Crippen LogP contribution is 2.15. The normalized spacial score (nSPS) is 12.0. The van der Waals surface area contributed by atoms with Crippen LogP contribution in [0.25, 0.3) is 5.69 Å². The van der Waals surface area contributed by atoms with Crippen LogP contribution in [0, 0.1) is 13.8 Å². The van der Waals surface area contributed by atoms with E-state index in [1.165, 1.54) is 5.56 Å². The van der Waals surface area contributed by atoms with Gasteiger partial charge in [-0.15, -0.1) is 0 Å². The molecule has 26 heavy (non-hydrogen) atoms. The van der Waals surface area contributed by atoms with Crippen molar-refractivity contribution in [3.63, 3.8) is 0 Å². The van der Waals surface area contributed by atoms with E-state index in [0.717, 1.165) is 11.4 Å². The first kappa shape index (κ1) is 17.6. The van der Waals surface area contributed by atoms with Crippen molar-refractivity contribution < 1.29 is 4.79 Å². The minimum atomic E-state index is -0.214. The number of nitrogens with zero attached hydrogens (tertiary/aromatic N) is 6. The number of carbonyl (C=O) groups is 1. The number of aryl methyl sites for hydroxylation is 2. The predicted molar refractivity (Wildman–Crippen MR) is 97.4 cm³/mol. The first-order valence-electron chi connectivity index (χ1n) is 8.33. The van der Waals surface area contributed by atoms with Gasteiger partial charge in [-0.3, -0.25) is 9.89 Å². The number of benzene rings is 1. The van der Waals surface area contributed by atoms with Gasteiger partial charge in [-0.25, -0.2) is 0 Å². The molecule has 9 nitrogen and oxygen atoms in total. The van der Waals surface area contributed by atoms with Gasteiger partial charge in [0, 0.05) is 25.3 Å². The van der Waals surface area contributed by atoms with Crippen molar-refractivity contribution >= 4 is 11.9 Å². The Labute approximate surface area is 151 Å². The van der Waals surface area contributed by atoms with E-state index in [9.17, 15) is 4.79 Å². The molecule has 0 radical (unpaired) electrons. The van der Waals surface area contributed by atoms with Crippen molar-refractivity contribution in [3.8, 4) is 5.69 Å². The number of hydrogen-bond acceptors (Lipinski definition) is 6. The molecular formula is C17H22N8O. The van der Waals surface area contributed by atoms with Crippen LogP contribution in [0.2, 0.25) is 0 Å². The fourth-order valence-electron chi connectivity index (χ4n) is 2.64. The Morgan fingerprint density at radius 3 is 2.69 bits per heavy atom. The van der Waals surface area contributed by atoms with E-state index >= 15 is 0 Å².